The average Bonchev–Trinajstić information content (AvgIpc) is 2.05. The topological polar surface area (TPSA) is 3.24 Å². The van der Waals surface area contributed by atoms with Gasteiger partial charge in [-0.3, -0.25) is 0 Å². The van der Waals surface area contributed by atoms with Crippen LogP contribution in [0.3, 0.4) is 0 Å². The lowest BCUT2D eigenvalue weighted by Crippen LogP contribution is -2.53. The van der Waals surface area contributed by atoms with Crippen molar-refractivity contribution in [1.29, 1.82) is 0 Å². The molecular weight excluding hydrogens is 238 g/mol. The molecule has 1 aromatic carbocycles. The van der Waals surface area contributed by atoms with Gasteiger partial charge in [0.05, 0.1) is 5.69 Å². The van der Waals surface area contributed by atoms with Crippen LogP contribution in [0, 0.1) is 12.3 Å². The van der Waals surface area contributed by atoms with Crippen molar-refractivity contribution in [3.8, 4) is 0 Å². The summed E-state index contributed by atoms with van der Waals surface area (Å²) in [6, 6.07) is 6.52. The van der Waals surface area contributed by atoms with Gasteiger partial charge >= 0.3 is 0 Å². The molecular formula is C12H16BrN. The van der Waals surface area contributed by atoms with Crippen molar-refractivity contribution in [2.75, 3.05) is 18.0 Å². The van der Waals surface area contributed by atoms with Crippen LogP contribution in [0.4, 0.5) is 5.69 Å². The van der Waals surface area contributed by atoms with E-state index in [-0.39, 0.29) is 0 Å². The lowest BCUT2D eigenvalue weighted by Gasteiger charge is -2.47. The van der Waals surface area contributed by atoms with Gasteiger partial charge in [-0.05, 0) is 46.0 Å². The molecule has 0 aromatic heterocycles. The third-order valence-corrected chi connectivity index (χ3v) is 3.35. The van der Waals surface area contributed by atoms with Crippen LogP contribution in [0.15, 0.2) is 22.7 Å². The molecule has 0 N–H and O–H groups in total. The highest BCUT2D eigenvalue weighted by atomic mass is 79.9. The number of aryl methyl sites for hydroxylation is 1. The number of halogens is 1. The van der Waals surface area contributed by atoms with Gasteiger partial charge in [0.25, 0.3) is 0 Å². The van der Waals surface area contributed by atoms with Crippen molar-refractivity contribution in [2.45, 2.75) is 20.8 Å². The summed E-state index contributed by atoms with van der Waals surface area (Å²) >= 11 is 3.60. The van der Waals surface area contributed by atoms with E-state index in [9.17, 15) is 0 Å². The molecule has 76 valence electrons. The summed E-state index contributed by atoms with van der Waals surface area (Å²) < 4.78 is 1.21. The van der Waals surface area contributed by atoms with E-state index in [1.165, 1.54) is 15.7 Å². The molecule has 1 heterocycles. The van der Waals surface area contributed by atoms with E-state index < -0.39 is 0 Å². The van der Waals surface area contributed by atoms with E-state index in [0.29, 0.717) is 5.41 Å². The second-order valence-electron chi connectivity index (χ2n) is 4.98. The van der Waals surface area contributed by atoms with Crippen LogP contribution in [0.5, 0.6) is 0 Å². The standard InChI is InChI=1S/C12H16BrN/c1-9-4-5-10(13)11(6-9)14-7-12(2,3)8-14/h4-6H,7-8H2,1-3H3. The van der Waals surface area contributed by atoms with Crippen LogP contribution >= 0.6 is 15.9 Å². The van der Waals surface area contributed by atoms with E-state index in [2.05, 4.69) is 59.8 Å². The monoisotopic (exact) mass is 253 g/mol. The third-order valence-electron chi connectivity index (χ3n) is 2.68. The van der Waals surface area contributed by atoms with Crippen LogP contribution in [-0.4, -0.2) is 13.1 Å². The maximum Gasteiger partial charge on any atom is 0.0513 e. The Kier molecular flexibility index (Phi) is 2.34. The predicted octanol–water partition coefficient (Wildman–Crippen LogP) is 3.60. The van der Waals surface area contributed by atoms with Gasteiger partial charge in [-0.15, -0.1) is 0 Å². The van der Waals surface area contributed by atoms with Crippen LogP contribution in [0.25, 0.3) is 0 Å². The van der Waals surface area contributed by atoms with E-state index in [0.717, 1.165) is 13.1 Å². The summed E-state index contributed by atoms with van der Waals surface area (Å²) in [4.78, 5) is 2.43. The molecule has 0 saturated carbocycles. The predicted molar refractivity (Wildman–Crippen MR) is 64.9 cm³/mol. The Morgan fingerprint density at radius 2 is 1.93 bits per heavy atom. The normalized spacial score (nSPS) is 19.3. The molecule has 0 atom stereocenters. The largest absolute Gasteiger partial charge is 0.369 e. The molecule has 2 rings (SSSR count). The van der Waals surface area contributed by atoms with E-state index in [1.807, 2.05) is 0 Å². The van der Waals surface area contributed by atoms with Gasteiger partial charge in [-0.25, -0.2) is 0 Å². The first-order chi connectivity index (χ1) is 6.48. The fourth-order valence-electron chi connectivity index (χ4n) is 2.02. The van der Waals surface area contributed by atoms with E-state index in [1.54, 1.807) is 0 Å². The first kappa shape index (κ1) is 10.0. The Morgan fingerprint density at radius 3 is 2.50 bits per heavy atom. The molecule has 1 saturated heterocycles. The molecule has 1 fully saturated rings. The molecule has 1 aliphatic heterocycles. The number of rotatable bonds is 1. The quantitative estimate of drug-likeness (QED) is 0.740. The van der Waals surface area contributed by atoms with Crippen molar-refractivity contribution in [1.82, 2.24) is 0 Å². The van der Waals surface area contributed by atoms with Crippen molar-refractivity contribution in [3.63, 3.8) is 0 Å². The molecule has 0 unspecified atom stereocenters. The third kappa shape index (κ3) is 1.81. The van der Waals surface area contributed by atoms with Crippen LogP contribution in [0.1, 0.15) is 19.4 Å². The SMILES string of the molecule is Cc1ccc(Br)c(N2CC(C)(C)C2)c1. The summed E-state index contributed by atoms with van der Waals surface area (Å²) in [6.07, 6.45) is 0. The molecule has 14 heavy (non-hydrogen) atoms. The Hall–Kier alpha value is -0.500. The zero-order valence-corrected chi connectivity index (χ0v) is 10.6. The maximum atomic E-state index is 3.60. The molecule has 1 aliphatic rings. The summed E-state index contributed by atoms with van der Waals surface area (Å²) in [6.45, 7) is 9.09. The van der Waals surface area contributed by atoms with Crippen molar-refractivity contribution < 1.29 is 0 Å². The Morgan fingerprint density at radius 1 is 1.29 bits per heavy atom. The smallest absolute Gasteiger partial charge is 0.0513 e. The van der Waals surface area contributed by atoms with Gasteiger partial charge in [0.15, 0.2) is 0 Å². The van der Waals surface area contributed by atoms with Gasteiger partial charge in [0.2, 0.25) is 0 Å². The molecule has 0 amide bonds. The Bertz CT molecular complexity index is 349. The van der Waals surface area contributed by atoms with Gasteiger partial charge in [0.1, 0.15) is 0 Å². The lowest BCUT2D eigenvalue weighted by molar-refractivity contribution is 0.276. The first-order valence-electron chi connectivity index (χ1n) is 4.99. The zero-order chi connectivity index (χ0) is 10.3. The fourth-order valence-corrected chi connectivity index (χ4v) is 2.52. The molecule has 1 aromatic rings. The minimum atomic E-state index is 0.489. The average molecular weight is 254 g/mol. The lowest BCUT2D eigenvalue weighted by atomic mass is 9.84. The fraction of sp³-hybridized carbons (Fsp3) is 0.500. The maximum absolute atomic E-state index is 3.60. The highest BCUT2D eigenvalue weighted by Gasteiger charge is 2.34. The van der Waals surface area contributed by atoms with Gasteiger partial charge in [0, 0.05) is 17.6 Å². The van der Waals surface area contributed by atoms with Crippen LogP contribution < -0.4 is 4.90 Å². The molecule has 1 nitrogen and oxygen atoms in total. The van der Waals surface area contributed by atoms with Crippen molar-refractivity contribution >= 4 is 21.6 Å². The van der Waals surface area contributed by atoms with Gasteiger partial charge in [-0.1, -0.05) is 19.9 Å². The number of hydrogen-bond donors (Lipinski definition) is 0. The number of hydrogen-bond acceptors (Lipinski definition) is 1. The van der Waals surface area contributed by atoms with Crippen LogP contribution in [0.2, 0.25) is 0 Å². The summed E-state index contributed by atoms with van der Waals surface area (Å²) in [5.41, 5.74) is 3.15. The Labute approximate surface area is 94.2 Å². The molecule has 0 aliphatic carbocycles. The number of anilines is 1. The van der Waals surface area contributed by atoms with Gasteiger partial charge < -0.3 is 4.90 Å². The minimum absolute atomic E-state index is 0.489. The zero-order valence-electron chi connectivity index (χ0n) is 8.97. The summed E-state index contributed by atoms with van der Waals surface area (Å²) in [5.74, 6) is 0. The molecule has 0 radical (unpaired) electrons. The summed E-state index contributed by atoms with van der Waals surface area (Å²) in [7, 11) is 0. The second kappa shape index (κ2) is 3.27. The highest BCUT2D eigenvalue weighted by molar-refractivity contribution is 9.10. The Balaban J connectivity index is 2.22. The van der Waals surface area contributed by atoms with Crippen LogP contribution in [-0.2, 0) is 0 Å². The minimum Gasteiger partial charge on any atom is -0.369 e. The molecule has 0 bridgehead atoms. The van der Waals surface area contributed by atoms with Gasteiger partial charge in [-0.2, -0.15) is 0 Å². The second-order valence-corrected chi connectivity index (χ2v) is 5.83. The summed E-state index contributed by atoms with van der Waals surface area (Å²) in [5, 5.41) is 0. The molecule has 2 heteroatoms. The number of benzene rings is 1. The highest BCUT2D eigenvalue weighted by Crippen LogP contribution is 2.37. The first-order valence-corrected chi connectivity index (χ1v) is 5.78. The van der Waals surface area contributed by atoms with E-state index >= 15 is 0 Å². The number of nitrogens with zero attached hydrogens (tertiary/aromatic N) is 1. The van der Waals surface area contributed by atoms with E-state index in [4.69, 9.17) is 0 Å². The molecule has 0 spiro atoms. The van der Waals surface area contributed by atoms with Crippen molar-refractivity contribution in [3.05, 3.63) is 28.2 Å². The van der Waals surface area contributed by atoms with Crippen molar-refractivity contribution in [2.24, 2.45) is 5.41 Å².